The summed E-state index contributed by atoms with van der Waals surface area (Å²) in [7, 11) is 0. The van der Waals surface area contributed by atoms with E-state index in [0.29, 0.717) is 18.1 Å². The van der Waals surface area contributed by atoms with E-state index >= 15 is 0 Å². The SMILES string of the molecule is C=CCN(Cc1cccs1)C(=O)CNc1ccccc1Cl. The fourth-order valence-electron chi connectivity index (χ4n) is 1.89. The van der Waals surface area contributed by atoms with E-state index in [4.69, 9.17) is 11.6 Å². The lowest BCUT2D eigenvalue weighted by atomic mass is 10.3. The van der Waals surface area contributed by atoms with Crippen LogP contribution >= 0.6 is 22.9 Å². The molecule has 2 rings (SSSR count). The molecule has 0 unspecified atom stereocenters. The van der Waals surface area contributed by atoms with Crippen LogP contribution in [-0.4, -0.2) is 23.9 Å². The first-order valence-electron chi connectivity index (χ1n) is 6.60. The Balaban J connectivity index is 1.95. The van der Waals surface area contributed by atoms with Gasteiger partial charge in [-0.05, 0) is 23.6 Å². The standard InChI is InChI=1S/C16H17ClN2OS/c1-2-9-19(12-13-6-5-10-21-13)16(20)11-18-15-8-4-3-7-14(15)17/h2-8,10,18H,1,9,11-12H2. The Hall–Kier alpha value is -1.78. The second kappa shape index (κ2) is 7.86. The van der Waals surface area contributed by atoms with Gasteiger partial charge in [0.25, 0.3) is 0 Å². The lowest BCUT2D eigenvalue weighted by Crippen LogP contribution is -2.35. The lowest BCUT2D eigenvalue weighted by molar-refractivity contribution is -0.129. The molecular weight excluding hydrogens is 304 g/mol. The number of rotatable bonds is 7. The maximum absolute atomic E-state index is 12.3. The van der Waals surface area contributed by atoms with Gasteiger partial charge < -0.3 is 10.2 Å². The van der Waals surface area contributed by atoms with E-state index in [9.17, 15) is 4.79 Å². The summed E-state index contributed by atoms with van der Waals surface area (Å²) in [5.41, 5.74) is 0.766. The number of carbonyl (C=O) groups excluding carboxylic acids is 1. The fraction of sp³-hybridized carbons (Fsp3) is 0.188. The topological polar surface area (TPSA) is 32.3 Å². The number of benzene rings is 1. The van der Waals surface area contributed by atoms with Crippen molar-refractivity contribution in [1.29, 1.82) is 0 Å². The number of amides is 1. The molecule has 1 aromatic carbocycles. The number of para-hydroxylation sites is 1. The molecule has 0 spiro atoms. The van der Waals surface area contributed by atoms with Gasteiger partial charge in [-0.2, -0.15) is 0 Å². The molecule has 21 heavy (non-hydrogen) atoms. The van der Waals surface area contributed by atoms with E-state index in [1.165, 1.54) is 0 Å². The van der Waals surface area contributed by atoms with E-state index in [0.717, 1.165) is 10.6 Å². The van der Waals surface area contributed by atoms with Crippen LogP contribution in [-0.2, 0) is 11.3 Å². The number of nitrogens with zero attached hydrogens (tertiary/aromatic N) is 1. The number of halogens is 1. The molecule has 0 bridgehead atoms. The molecule has 0 aliphatic carbocycles. The Labute approximate surface area is 133 Å². The Morgan fingerprint density at radius 2 is 2.14 bits per heavy atom. The summed E-state index contributed by atoms with van der Waals surface area (Å²) in [6.07, 6.45) is 1.74. The summed E-state index contributed by atoms with van der Waals surface area (Å²) in [6.45, 7) is 5.06. The molecular formula is C16H17ClN2OS. The summed E-state index contributed by atoms with van der Waals surface area (Å²) in [4.78, 5) is 15.2. The summed E-state index contributed by atoms with van der Waals surface area (Å²) in [5.74, 6) is 0.0169. The van der Waals surface area contributed by atoms with E-state index in [1.54, 1.807) is 28.4 Å². The molecule has 1 N–H and O–H groups in total. The van der Waals surface area contributed by atoms with Gasteiger partial charge in [-0.15, -0.1) is 17.9 Å². The van der Waals surface area contributed by atoms with Crippen LogP contribution in [0.1, 0.15) is 4.88 Å². The van der Waals surface area contributed by atoms with Crippen molar-refractivity contribution in [2.75, 3.05) is 18.4 Å². The summed E-state index contributed by atoms with van der Waals surface area (Å²) in [6, 6.07) is 11.4. The number of carbonyl (C=O) groups is 1. The van der Waals surface area contributed by atoms with Gasteiger partial charge in [-0.25, -0.2) is 0 Å². The summed E-state index contributed by atoms with van der Waals surface area (Å²) < 4.78 is 0. The monoisotopic (exact) mass is 320 g/mol. The second-order valence-corrected chi connectivity index (χ2v) is 5.92. The third-order valence-electron chi connectivity index (χ3n) is 2.93. The van der Waals surface area contributed by atoms with E-state index < -0.39 is 0 Å². The number of nitrogens with one attached hydrogen (secondary N) is 1. The first-order valence-corrected chi connectivity index (χ1v) is 7.86. The number of anilines is 1. The minimum Gasteiger partial charge on any atom is -0.375 e. The number of thiophene rings is 1. The Morgan fingerprint density at radius 1 is 1.33 bits per heavy atom. The van der Waals surface area contributed by atoms with Crippen LogP contribution in [0.25, 0.3) is 0 Å². The van der Waals surface area contributed by atoms with Crippen LogP contribution in [0.4, 0.5) is 5.69 Å². The average Bonchev–Trinajstić information content (AvgIpc) is 2.99. The van der Waals surface area contributed by atoms with Crippen LogP contribution in [0, 0.1) is 0 Å². The third kappa shape index (κ3) is 4.62. The Bertz CT molecular complexity index is 598. The van der Waals surface area contributed by atoms with Crippen LogP contribution < -0.4 is 5.32 Å². The number of hydrogen-bond donors (Lipinski definition) is 1. The van der Waals surface area contributed by atoms with Crippen molar-refractivity contribution in [1.82, 2.24) is 4.90 Å². The third-order valence-corrected chi connectivity index (χ3v) is 4.12. The largest absolute Gasteiger partial charge is 0.375 e. The molecule has 0 radical (unpaired) electrons. The molecule has 3 nitrogen and oxygen atoms in total. The molecule has 5 heteroatoms. The van der Waals surface area contributed by atoms with Crippen LogP contribution in [0.3, 0.4) is 0 Å². The molecule has 0 aliphatic heterocycles. The highest BCUT2D eigenvalue weighted by atomic mass is 35.5. The van der Waals surface area contributed by atoms with Crippen molar-refractivity contribution >= 4 is 34.5 Å². The molecule has 1 aromatic heterocycles. The average molecular weight is 321 g/mol. The predicted molar refractivity (Wildman–Crippen MR) is 89.9 cm³/mol. The van der Waals surface area contributed by atoms with Crippen molar-refractivity contribution in [2.45, 2.75) is 6.54 Å². The zero-order valence-electron chi connectivity index (χ0n) is 11.6. The summed E-state index contributed by atoms with van der Waals surface area (Å²) >= 11 is 7.70. The molecule has 1 heterocycles. The zero-order valence-corrected chi connectivity index (χ0v) is 13.2. The fourth-order valence-corrected chi connectivity index (χ4v) is 2.81. The van der Waals surface area contributed by atoms with Gasteiger partial charge in [0.1, 0.15) is 0 Å². The quantitative estimate of drug-likeness (QED) is 0.781. The van der Waals surface area contributed by atoms with Gasteiger partial charge in [0.15, 0.2) is 0 Å². The molecule has 0 atom stereocenters. The number of hydrogen-bond acceptors (Lipinski definition) is 3. The normalized spacial score (nSPS) is 10.1. The van der Waals surface area contributed by atoms with Gasteiger partial charge in [0, 0.05) is 11.4 Å². The maximum atomic E-state index is 12.3. The minimum absolute atomic E-state index is 0.0169. The first kappa shape index (κ1) is 15.6. The van der Waals surface area contributed by atoms with Crippen molar-refractivity contribution < 1.29 is 4.79 Å². The van der Waals surface area contributed by atoms with Gasteiger partial charge in [-0.1, -0.05) is 35.9 Å². The molecule has 2 aromatic rings. The van der Waals surface area contributed by atoms with Crippen molar-refractivity contribution in [3.05, 3.63) is 64.3 Å². The Morgan fingerprint density at radius 3 is 2.81 bits per heavy atom. The molecule has 110 valence electrons. The maximum Gasteiger partial charge on any atom is 0.242 e. The predicted octanol–water partition coefficient (Wildman–Crippen LogP) is 4.03. The molecule has 0 aliphatic rings. The summed E-state index contributed by atoms with van der Waals surface area (Å²) in [5, 5.41) is 5.70. The molecule has 0 fully saturated rings. The van der Waals surface area contributed by atoms with E-state index in [1.807, 2.05) is 35.7 Å². The van der Waals surface area contributed by atoms with E-state index in [2.05, 4.69) is 11.9 Å². The van der Waals surface area contributed by atoms with Crippen LogP contribution in [0.15, 0.2) is 54.4 Å². The molecule has 1 amide bonds. The van der Waals surface area contributed by atoms with Crippen molar-refractivity contribution in [3.63, 3.8) is 0 Å². The highest BCUT2D eigenvalue weighted by Gasteiger charge is 2.13. The van der Waals surface area contributed by atoms with Crippen molar-refractivity contribution in [2.24, 2.45) is 0 Å². The second-order valence-electron chi connectivity index (χ2n) is 4.48. The van der Waals surface area contributed by atoms with Crippen LogP contribution in [0.2, 0.25) is 5.02 Å². The van der Waals surface area contributed by atoms with Gasteiger partial charge >= 0.3 is 0 Å². The van der Waals surface area contributed by atoms with Crippen LogP contribution in [0.5, 0.6) is 0 Å². The Kier molecular flexibility index (Phi) is 5.84. The minimum atomic E-state index is 0.0169. The zero-order chi connectivity index (χ0) is 15.1. The van der Waals surface area contributed by atoms with E-state index in [-0.39, 0.29) is 12.5 Å². The van der Waals surface area contributed by atoms with Crippen molar-refractivity contribution in [3.8, 4) is 0 Å². The highest BCUT2D eigenvalue weighted by molar-refractivity contribution is 7.09. The van der Waals surface area contributed by atoms with Gasteiger partial charge in [-0.3, -0.25) is 4.79 Å². The molecule has 0 saturated carbocycles. The van der Waals surface area contributed by atoms with Gasteiger partial charge in [0.2, 0.25) is 5.91 Å². The smallest absolute Gasteiger partial charge is 0.242 e. The van der Waals surface area contributed by atoms with Gasteiger partial charge in [0.05, 0.1) is 23.8 Å². The highest BCUT2D eigenvalue weighted by Crippen LogP contribution is 2.20. The first-order chi connectivity index (χ1) is 10.2. The molecule has 0 saturated heterocycles. The lowest BCUT2D eigenvalue weighted by Gasteiger charge is -2.21.